The van der Waals surface area contributed by atoms with Crippen molar-refractivity contribution in [3.8, 4) is 0 Å². The first-order valence-electron chi connectivity index (χ1n) is 3.81. The number of rotatable bonds is 4. The van der Waals surface area contributed by atoms with Crippen molar-refractivity contribution in [3.63, 3.8) is 0 Å². The highest BCUT2D eigenvalue weighted by molar-refractivity contribution is 8.16. The van der Waals surface area contributed by atoms with Crippen LogP contribution < -0.4 is 0 Å². The van der Waals surface area contributed by atoms with Crippen LogP contribution in [0.15, 0.2) is 12.7 Å². The smallest absolute Gasteiger partial charge is 0.0645 e. The second-order valence-corrected chi connectivity index (χ2v) is 5.19. The largest absolute Gasteiger partial charge is 0.376 e. The third-order valence-corrected chi connectivity index (χ3v) is 4.09. The third kappa shape index (κ3) is 4.09. The summed E-state index contributed by atoms with van der Waals surface area (Å²) < 4.78 is 5.37. The van der Waals surface area contributed by atoms with Gasteiger partial charge in [0.1, 0.15) is 0 Å². The standard InChI is InChI=1S/C8H14OS2/c1-2-4-9-6-8-3-5-10-7-11-8/h2,8H,1,3-7H2. The summed E-state index contributed by atoms with van der Waals surface area (Å²) in [5.74, 6) is 1.30. The Labute approximate surface area is 77.0 Å². The van der Waals surface area contributed by atoms with Gasteiger partial charge in [-0.05, 0) is 12.2 Å². The highest BCUT2D eigenvalue weighted by Crippen LogP contribution is 2.27. The first-order valence-corrected chi connectivity index (χ1v) is 6.02. The van der Waals surface area contributed by atoms with Gasteiger partial charge < -0.3 is 4.74 Å². The maximum atomic E-state index is 5.37. The van der Waals surface area contributed by atoms with Crippen molar-refractivity contribution in [1.29, 1.82) is 0 Å². The first kappa shape index (κ1) is 9.49. The quantitative estimate of drug-likeness (QED) is 0.497. The molecule has 0 spiro atoms. The summed E-state index contributed by atoms with van der Waals surface area (Å²) in [6.07, 6.45) is 3.11. The summed E-state index contributed by atoms with van der Waals surface area (Å²) in [7, 11) is 0. The molecule has 64 valence electrons. The molecule has 0 saturated carbocycles. The van der Waals surface area contributed by atoms with Crippen LogP contribution in [-0.2, 0) is 4.74 Å². The second-order valence-electron chi connectivity index (χ2n) is 2.43. The Morgan fingerprint density at radius 3 is 3.18 bits per heavy atom. The molecule has 0 aromatic heterocycles. The van der Waals surface area contributed by atoms with Crippen molar-refractivity contribution >= 4 is 23.5 Å². The van der Waals surface area contributed by atoms with Crippen LogP contribution in [0.1, 0.15) is 6.42 Å². The van der Waals surface area contributed by atoms with E-state index in [9.17, 15) is 0 Å². The minimum absolute atomic E-state index is 0.699. The lowest BCUT2D eigenvalue weighted by Crippen LogP contribution is -2.16. The van der Waals surface area contributed by atoms with E-state index in [1.807, 2.05) is 29.6 Å². The second kappa shape index (κ2) is 5.98. The van der Waals surface area contributed by atoms with Crippen LogP contribution in [0.5, 0.6) is 0 Å². The molecule has 11 heavy (non-hydrogen) atoms. The highest BCUT2D eigenvalue weighted by atomic mass is 32.2. The van der Waals surface area contributed by atoms with Gasteiger partial charge in [-0.2, -0.15) is 11.8 Å². The van der Waals surface area contributed by atoms with E-state index in [-0.39, 0.29) is 0 Å². The molecule has 1 heterocycles. The van der Waals surface area contributed by atoms with Crippen molar-refractivity contribution in [2.24, 2.45) is 0 Å². The summed E-state index contributed by atoms with van der Waals surface area (Å²) in [6.45, 7) is 5.21. The lowest BCUT2D eigenvalue weighted by molar-refractivity contribution is 0.163. The van der Waals surface area contributed by atoms with E-state index < -0.39 is 0 Å². The monoisotopic (exact) mass is 190 g/mol. The molecule has 1 nitrogen and oxygen atoms in total. The fraction of sp³-hybridized carbons (Fsp3) is 0.750. The van der Waals surface area contributed by atoms with Crippen LogP contribution in [0, 0.1) is 0 Å². The van der Waals surface area contributed by atoms with E-state index in [0.717, 1.165) is 11.9 Å². The molecule has 1 rings (SSSR count). The van der Waals surface area contributed by atoms with E-state index in [4.69, 9.17) is 4.74 Å². The fourth-order valence-electron chi connectivity index (χ4n) is 0.916. The van der Waals surface area contributed by atoms with Gasteiger partial charge in [0.05, 0.1) is 13.2 Å². The van der Waals surface area contributed by atoms with Gasteiger partial charge in [-0.15, -0.1) is 18.3 Å². The maximum Gasteiger partial charge on any atom is 0.0645 e. The molecule has 1 unspecified atom stereocenters. The lowest BCUT2D eigenvalue weighted by atomic mass is 10.3. The van der Waals surface area contributed by atoms with Crippen molar-refractivity contribution in [1.82, 2.24) is 0 Å². The van der Waals surface area contributed by atoms with Crippen LogP contribution in [0.3, 0.4) is 0 Å². The zero-order valence-electron chi connectivity index (χ0n) is 6.62. The van der Waals surface area contributed by atoms with Gasteiger partial charge in [0, 0.05) is 10.3 Å². The zero-order chi connectivity index (χ0) is 7.94. The minimum Gasteiger partial charge on any atom is -0.376 e. The molecule has 1 aliphatic heterocycles. The molecule has 0 aliphatic carbocycles. The Hall–Kier alpha value is 0.400. The average Bonchev–Trinajstić information content (AvgIpc) is 2.07. The van der Waals surface area contributed by atoms with E-state index in [2.05, 4.69) is 6.58 Å². The molecular weight excluding hydrogens is 176 g/mol. The van der Waals surface area contributed by atoms with E-state index in [1.54, 1.807) is 0 Å². The Kier molecular flexibility index (Phi) is 5.15. The Balaban J connectivity index is 2.00. The van der Waals surface area contributed by atoms with E-state index in [1.165, 1.54) is 17.3 Å². The maximum absolute atomic E-state index is 5.37. The summed E-state index contributed by atoms with van der Waals surface area (Å²) in [5.41, 5.74) is 0. The van der Waals surface area contributed by atoms with Gasteiger partial charge in [-0.25, -0.2) is 0 Å². The Morgan fingerprint density at radius 1 is 1.64 bits per heavy atom. The summed E-state index contributed by atoms with van der Waals surface area (Å²) >= 11 is 4.04. The fourth-order valence-corrected chi connectivity index (χ4v) is 3.62. The predicted molar refractivity (Wildman–Crippen MR) is 54.3 cm³/mol. The van der Waals surface area contributed by atoms with Crippen molar-refractivity contribution in [2.75, 3.05) is 24.1 Å². The minimum atomic E-state index is 0.699. The molecule has 0 N–H and O–H groups in total. The Bertz CT molecular complexity index is 111. The molecule has 0 amide bonds. The average molecular weight is 190 g/mol. The molecule has 0 aromatic rings. The van der Waals surface area contributed by atoms with Gasteiger partial charge in [0.25, 0.3) is 0 Å². The van der Waals surface area contributed by atoms with E-state index >= 15 is 0 Å². The highest BCUT2D eigenvalue weighted by Gasteiger charge is 2.13. The number of thioether (sulfide) groups is 2. The van der Waals surface area contributed by atoms with Crippen LogP contribution in [-0.4, -0.2) is 29.3 Å². The zero-order valence-corrected chi connectivity index (χ0v) is 8.26. The lowest BCUT2D eigenvalue weighted by Gasteiger charge is -2.20. The molecule has 0 aromatic carbocycles. The van der Waals surface area contributed by atoms with Gasteiger partial charge in [0.15, 0.2) is 0 Å². The molecule has 1 fully saturated rings. The van der Waals surface area contributed by atoms with Gasteiger partial charge in [0.2, 0.25) is 0 Å². The molecular formula is C8H14OS2. The number of hydrogen-bond donors (Lipinski definition) is 0. The van der Waals surface area contributed by atoms with Crippen molar-refractivity contribution < 1.29 is 4.74 Å². The van der Waals surface area contributed by atoms with Crippen molar-refractivity contribution in [3.05, 3.63) is 12.7 Å². The Morgan fingerprint density at radius 2 is 2.55 bits per heavy atom. The van der Waals surface area contributed by atoms with Crippen LogP contribution >= 0.6 is 23.5 Å². The first-order chi connectivity index (χ1) is 5.43. The third-order valence-electron chi connectivity index (χ3n) is 1.51. The molecule has 0 bridgehead atoms. The molecule has 0 radical (unpaired) electrons. The molecule has 3 heteroatoms. The summed E-state index contributed by atoms with van der Waals surface area (Å²) in [5, 5.41) is 1.97. The number of ether oxygens (including phenoxy) is 1. The summed E-state index contributed by atoms with van der Waals surface area (Å²) in [4.78, 5) is 0. The van der Waals surface area contributed by atoms with Crippen molar-refractivity contribution in [2.45, 2.75) is 11.7 Å². The van der Waals surface area contributed by atoms with Gasteiger partial charge in [-0.1, -0.05) is 6.08 Å². The summed E-state index contributed by atoms with van der Waals surface area (Å²) in [6, 6.07) is 0. The van der Waals surface area contributed by atoms with Crippen LogP contribution in [0.4, 0.5) is 0 Å². The van der Waals surface area contributed by atoms with Gasteiger partial charge >= 0.3 is 0 Å². The SMILES string of the molecule is C=CCOCC1CCSCS1. The van der Waals surface area contributed by atoms with E-state index in [0.29, 0.717) is 6.61 Å². The number of hydrogen-bond acceptors (Lipinski definition) is 3. The molecule has 1 aliphatic rings. The predicted octanol–water partition coefficient (Wildman–Crippen LogP) is 2.39. The normalized spacial score (nSPS) is 24.9. The van der Waals surface area contributed by atoms with Gasteiger partial charge in [-0.3, -0.25) is 0 Å². The molecule has 1 atom stereocenters. The van der Waals surface area contributed by atoms with Crippen LogP contribution in [0.2, 0.25) is 0 Å². The molecule has 1 saturated heterocycles. The van der Waals surface area contributed by atoms with Crippen LogP contribution in [0.25, 0.3) is 0 Å². The topological polar surface area (TPSA) is 9.23 Å².